The van der Waals surface area contributed by atoms with E-state index in [2.05, 4.69) is 5.32 Å². The topological polar surface area (TPSA) is 47.6 Å². The molecule has 0 spiro atoms. The van der Waals surface area contributed by atoms with Crippen LogP contribution in [0.15, 0.2) is 29.6 Å². The minimum atomic E-state index is -0.178. The van der Waals surface area contributed by atoms with Crippen molar-refractivity contribution in [2.75, 3.05) is 14.2 Å². The van der Waals surface area contributed by atoms with Gasteiger partial charge in [-0.25, -0.2) is 0 Å². The highest BCUT2D eigenvalue weighted by atomic mass is 32.1. The number of thiophene rings is 1. The fourth-order valence-electron chi connectivity index (χ4n) is 2.10. The summed E-state index contributed by atoms with van der Waals surface area (Å²) < 4.78 is 10.6. The molecule has 2 rings (SSSR count). The zero-order valence-electron chi connectivity index (χ0n) is 12.6. The highest BCUT2D eigenvalue weighted by Gasteiger charge is 2.16. The number of ether oxygens (including phenoxy) is 2. The Bertz CT molecular complexity index is 636. The second kappa shape index (κ2) is 6.63. The van der Waals surface area contributed by atoms with Crippen molar-refractivity contribution in [2.24, 2.45) is 0 Å². The van der Waals surface area contributed by atoms with E-state index in [9.17, 15) is 4.79 Å². The van der Waals surface area contributed by atoms with Crippen molar-refractivity contribution in [3.05, 3.63) is 45.6 Å². The van der Waals surface area contributed by atoms with Gasteiger partial charge in [0.25, 0.3) is 5.91 Å². The van der Waals surface area contributed by atoms with Gasteiger partial charge in [-0.1, -0.05) is 0 Å². The Kier molecular flexibility index (Phi) is 4.85. The predicted molar refractivity (Wildman–Crippen MR) is 84.5 cm³/mol. The summed E-state index contributed by atoms with van der Waals surface area (Å²) in [6, 6.07) is 7.26. The molecule has 2 aromatic rings. The lowest BCUT2D eigenvalue weighted by Crippen LogP contribution is -2.26. The number of nitrogens with one attached hydrogen (secondary N) is 1. The Labute approximate surface area is 128 Å². The van der Waals surface area contributed by atoms with Crippen molar-refractivity contribution in [1.82, 2.24) is 5.32 Å². The maximum absolute atomic E-state index is 12.2. The molecule has 0 fully saturated rings. The van der Waals surface area contributed by atoms with Crippen LogP contribution in [0.1, 0.15) is 33.8 Å². The van der Waals surface area contributed by atoms with Crippen molar-refractivity contribution in [3.8, 4) is 11.5 Å². The van der Waals surface area contributed by atoms with Crippen LogP contribution in [0.2, 0.25) is 0 Å². The number of aryl methyl sites for hydroxylation is 1. The van der Waals surface area contributed by atoms with Gasteiger partial charge in [-0.3, -0.25) is 4.79 Å². The Morgan fingerprint density at radius 2 is 2.00 bits per heavy atom. The zero-order chi connectivity index (χ0) is 15.4. The molecule has 112 valence electrons. The van der Waals surface area contributed by atoms with Crippen LogP contribution in [0, 0.1) is 6.92 Å². The van der Waals surface area contributed by atoms with E-state index in [1.165, 1.54) is 0 Å². The number of benzene rings is 1. The van der Waals surface area contributed by atoms with Crippen LogP contribution in [0.5, 0.6) is 11.5 Å². The predicted octanol–water partition coefficient (Wildman–Crippen LogP) is 3.56. The van der Waals surface area contributed by atoms with Crippen LogP contribution in [0.4, 0.5) is 0 Å². The molecule has 0 aliphatic rings. The molecule has 0 aliphatic heterocycles. The summed E-state index contributed by atoms with van der Waals surface area (Å²) in [6.45, 7) is 3.91. The lowest BCUT2D eigenvalue weighted by molar-refractivity contribution is 0.0940. The highest BCUT2D eigenvalue weighted by molar-refractivity contribution is 7.10. The van der Waals surface area contributed by atoms with Crippen LogP contribution in [0.3, 0.4) is 0 Å². The molecule has 4 nitrogen and oxygen atoms in total. The third-order valence-electron chi connectivity index (χ3n) is 3.24. The van der Waals surface area contributed by atoms with Crippen molar-refractivity contribution >= 4 is 17.2 Å². The van der Waals surface area contributed by atoms with Crippen molar-refractivity contribution in [3.63, 3.8) is 0 Å². The van der Waals surface area contributed by atoms with Gasteiger partial charge in [-0.2, -0.15) is 0 Å². The molecule has 0 saturated carbocycles. The fraction of sp³-hybridized carbons (Fsp3) is 0.312. The number of rotatable bonds is 5. The van der Waals surface area contributed by atoms with Gasteiger partial charge in [0.1, 0.15) is 11.5 Å². The summed E-state index contributed by atoms with van der Waals surface area (Å²) in [6.07, 6.45) is 0. The molecule has 1 amide bonds. The fourth-order valence-corrected chi connectivity index (χ4v) is 2.78. The minimum absolute atomic E-state index is 0.0864. The lowest BCUT2D eigenvalue weighted by Gasteiger charge is -2.18. The van der Waals surface area contributed by atoms with E-state index < -0.39 is 0 Å². The van der Waals surface area contributed by atoms with Crippen molar-refractivity contribution in [1.29, 1.82) is 0 Å². The minimum Gasteiger partial charge on any atom is -0.497 e. The Hall–Kier alpha value is -2.01. The molecular formula is C16H19NO3S. The number of methoxy groups -OCH3 is 2. The standard InChI is InChI=1S/C16H19NO3S/c1-10-7-12(9-21-10)16(18)17-11(2)14-8-13(19-3)5-6-15(14)20-4/h5-9,11H,1-4H3,(H,17,18). The first-order chi connectivity index (χ1) is 10.0. The smallest absolute Gasteiger partial charge is 0.252 e. The molecule has 1 N–H and O–H groups in total. The summed E-state index contributed by atoms with van der Waals surface area (Å²) in [5, 5.41) is 4.85. The molecule has 1 unspecified atom stereocenters. The highest BCUT2D eigenvalue weighted by Crippen LogP contribution is 2.29. The number of hydrogen-bond donors (Lipinski definition) is 1. The molecular weight excluding hydrogens is 286 g/mol. The molecule has 21 heavy (non-hydrogen) atoms. The first-order valence-corrected chi connectivity index (χ1v) is 7.51. The van der Waals surface area contributed by atoms with E-state index >= 15 is 0 Å². The summed E-state index contributed by atoms with van der Waals surface area (Å²) in [5.41, 5.74) is 1.57. The van der Waals surface area contributed by atoms with E-state index in [1.54, 1.807) is 25.6 Å². The van der Waals surface area contributed by atoms with Crippen LogP contribution >= 0.6 is 11.3 Å². The largest absolute Gasteiger partial charge is 0.497 e. The molecule has 0 radical (unpaired) electrons. The summed E-state index contributed by atoms with van der Waals surface area (Å²) in [5.74, 6) is 1.38. The van der Waals surface area contributed by atoms with Gasteiger partial charge < -0.3 is 14.8 Å². The quantitative estimate of drug-likeness (QED) is 0.918. The normalized spacial score (nSPS) is 11.8. The molecule has 1 atom stereocenters. The summed E-state index contributed by atoms with van der Waals surface area (Å²) in [7, 11) is 3.23. The molecule has 0 bridgehead atoms. The van der Waals surface area contributed by atoms with Gasteiger partial charge in [-0.05, 0) is 38.1 Å². The molecule has 0 aliphatic carbocycles. The van der Waals surface area contributed by atoms with Gasteiger partial charge in [0.05, 0.1) is 25.8 Å². The second-order valence-corrected chi connectivity index (χ2v) is 5.86. The maximum Gasteiger partial charge on any atom is 0.252 e. The Morgan fingerprint density at radius 3 is 2.57 bits per heavy atom. The van der Waals surface area contributed by atoms with Gasteiger partial charge >= 0.3 is 0 Å². The number of hydrogen-bond acceptors (Lipinski definition) is 4. The Morgan fingerprint density at radius 1 is 1.24 bits per heavy atom. The first-order valence-electron chi connectivity index (χ1n) is 6.63. The van der Waals surface area contributed by atoms with Gasteiger partial charge in [0.2, 0.25) is 0 Å². The van der Waals surface area contributed by atoms with Crippen LogP contribution in [0.25, 0.3) is 0 Å². The Balaban J connectivity index is 2.19. The van der Waals surface area contributed by atoms with E-state index in [0.29, 0.717) is 5.56 Å². The van der Waals surface area contributed by atoms with Crippen molar-refractivity contribution in [2.45, 2.75) is 19.9 Å². The van der Waals surface area contributed by atoms with E-state index in [0.717, 1.165) is 21.9 Å². The molecule has 5 heteroatoms. The van der Waals surface area contributed by atoms with Gasteiger partial charge in [0.15, 0.2) is 0 Å². The SMILES string of the molecule is COc1ccc(OC)c(C(C)NC(=O)c2csc(C)c2)c1. The molecule has 1 aromatic heterocycles. The van der Waals surface area contributed by atoms with Crippen LogP contribution in [-0.2, 0) is 0 Å². The van der Waals surface area contributed by atoms with Crippen LogP contribution in [-0.4, -0.2) is 20.1 Å². The monoisotopic (exact) mass is 305 g/mol. The number of amides is 1. The molecule has 0 saturated heterocycles. The second-order valence-electron chi connectivity index (χ2n) is 4.75. The van der Waals surface area contributed by atoms with E-state index in [-0.39, 0.29) is 11.9 Å². The van der Waals surface area contributed by atoms with Gasteiger partial charge in [0, 0.05) is 15.8 Å². The van der Waals surface area contributed by atoms with Crippen LogP contribution < -0.4 is 14.8 Å². The third kappa shape index (κ3) is 3.55. The summed E-state index contributed by atoms with van der Waals surface area (Å²) >= 11 is 1.56. The number of carbonyl (C=O) groups excluding carboxylic acids is 1. The average Bonchev–Trinajstić information content (AvgIpc) is 2.93. The van der Waals surface area contributed by atoms with E-state index in [4.69, 9.17) is 9.47 Å². The average molecular weight is 305 g/mol. The zero-order valence-corrected chi connectivity index (χ0v) is 13.4. The van der Waals surface area contributed by atoms with E-state index in [1.807, 2.05) is 43.5 Å². The molecule has 1 heterocycles. The third-order valence-corrected chi connectivity index (χ3v) is 4.11. The van der Waals surface area contributed by atoms with Crippen molar-refractivity contribution < 1.29 is 14.3 Å². The summed E-state index contributed by atoms with van der Waals surface area (Å²) in [4.78, 5) is 13.3. The maximum atomic E-state index is 12.2. The first kappa shape index (κ1) is 15.4. The lowest BCUT2D eigenvalue weighted by atomic mass is 10.1. The molecule has 1 aromatic carbocycles. The van der Waals surface area contributed by atoms with Gasteiger partial charge in [-0.15, -0.1) is 11.3 Å². The number of carbonyl (C=O) groups is 1.